The fourth-order valence-corrected chi connectivity index (χ4v) is 7.55. The largest absolute Gasteiger partial charge is 0.488 e. The van der Waals surface area contributed by atoms with E-state index in [1.807, 2.05) is 43.3 Å². The van der Waals surface area contributed by atoms with Crippen molar-refractivity contribution in [2.24, 2.45) is 0 Å². The molecular formula is C32H31F3N4O5S. The predicted molar refractivity (Wildman–Crippen MR) is 160 cm³/mol. The zero-order chi connectivity index (χ0) is 31.9. The molecule has 0 amide bonds. The van der Waals surface area contributed by atoms with Gasteiger partial charge in [-0.25, -0.2) is 27.2 Å². The van der Waals surface area contributed by atoms with Gasteiger partial charge >= 0.3 is 12.1 Å². The molecule has 45 heavy (non-hydrogen) atoms. The quantitative estimate of drug-likeness (QED) is 0.231. The molecule has 2 aromatic heterocycles. The van der Waals surface area contributed by atoms with Crippen LogP contribution in [0.15, 0.2) is 66.9 Å². The predicted octanol–water partition coefficient (Wildman–Crippen LogP) is 6.21. The number of aromatic nitrogens is 3. The van der Waals surface area contributed by atoms with Gasteiger partial charge in [-0.05, 0) is 73.9 Å². The lowest BCUT2D eigenvalue weighted by Crippen LogP contribution is -2.39. The van der Waals surface area contributed by atoms with E-state index in [0.717, 1.165) is 42.4 Å². The molecule has 236 valence electrons. The van der Waals surface area contributed by atoms with Gasteiger partial charge in [0.2, 0.25) is 10.0 Å². The Bertz CT molecular complexity index is 1830. The van der Waals surface area contributed by atoms with Crippen LogP contribution in [-0.4, -0.2) is 56.9 Å². The molecule has 2 aliphatic rings. The highest BCUT2D eigenvalue weighted by Crippen LogP contribution is 2.37. The molecule has 0 spiro atoms. The number of rotatable bonds is 9. The van der Waals surface area contributed by atoms with Gasteiger partial charge in [-0.2, -0.15) is 18.3 Å². The SMILES string of the molecule is Cc1ccc(OCc2ccc(C3CCN(S(=O)(=O)C4CC4)CC3)cc2)c(-c2cccc(-n3ncc(C(=O)O)c3C(F)(F)F)n2)c1. The molecule has 2 aromatic carbocycles. The molecule has 0 radical (unpaired) electrons. The fraction of sp³-hybridized carbons (Fsp3) is 0.344. The van der Waals surface area contributed by atoms with E-state index in [9.17, 15) is 31.5 Å². The Morgan fingerprint density at radius 3 is 2.38 bits per heavy atom. The lowest BCUT2D eigenvalue weighted by Gasteiger charge is -2.31. The van der Waals surface area contributed by atoms with Gasteiger partial charge < -0.3 is 9.84 Å². The van der Waals surface area contributed by atoms with Gasteiger partial charge in [0, 0.05) is 18.7 Å². The summed E-state index contributed by atoms with van der Waals surface area (Å²) >= 11 is 0. The Labute approximate surface area is 258 Å². The van der Waals surface area contributed by atoms with Gasteiger partial charge in [0.1, 0.15) is 17.9 Å². The Hall–Kier alpha value is -4.23. The van der Waals surface area contributed by atoms with Crippen molar-refractivity contribution in [1.29, 1.82) is 0 Å². The van der Waals surface area contributed by atoms with Gasteiger partial charge in [0.05, 0.1) is 17.1 Å². The van der Waals surface area contributed by atoms with E-state index in [0.29, 0.717) is 41.0 Å². The normalized spacial score (nSPS) is 16.5. The van der Waals surface area contributed by atoms with E-state index in [1.54, 1.807) is 16.4 Å². The molecule has 1 N–H and O–H groups in total. The van der Waals surface area contributed by atoms with Gasteiger partial charge in [0.15, 0.2) is 11.5 Å². The van der Waals surface area contributed by atoms with E-state index >= 15 is 0 Å². The van der Waals surface area contributed by atoms with Crippen LogP contribution in [0.25, 0.3) is 17.1 Å². The number of hydrogen-bond acceptors (Lipinski definition) is 6. The first-order valence-electron chi connectivity index (χ1n) is 14.6. The molecule has 0 unspecified atom stereocenters. The van der Waals surface area contributed by atoms with Crippen LogP contribution in [0.5, 0.6) is 5.75 Å². The van der Waals surface area contributed by atoms with Crippen LogP contribution in [0.2, 0.25) is 0 Å². The summed E-state index contributed by atoms with van der Waals surface area (Å²) in [6.07, 6.45) is -1.22. The van der Waals surface area contributed by atoms with Crippen LogP contribution in [0, 0.1) is 6.92 Å². The maximum absolute atomic E-state index is 13.8. The summed E-state index contributed by atoms with van der Waals surface area (Å²) in [6, 6.07) is 18.0. The van der Waals surface area contributed by atoms with Crippen molar-refractivity contribution < 1.29 is 36.2 Å². The van der Waals surface area contributed by atoms with Crippen molar-refractivity contribution in [3.8, 4) is 22.8 Å². The maximum atomic E-state index is 13.8. The minimum atomic E-state index is -4.97. The van der Waals surface area contributed by atoms with E-state index in [4.69, 9.17) is 4.74 Å². The summed E-state index contributed by atoms with van der Waals surface area (Å²) in [5.74, 6) is -1.17. The zero-order valence-electron chi connectivity index (χ0n) is 24.4. The molecule has 1 aliphatic heterocycles. The second-order valence-corrected chi connectivity index (χ2v) is 13.7. The van der Waals surface area contributed by atoms with Crippen LogP contribution < -0.4 is 4.74 Å². The van der Waals surface area contributed by atoms with Gasteiger partial charge in [-0.15, -0.1) is 0 Å². The van der Waals surface area contributed by atoms with E-state index in [1.165, 1.54) is 12.1 Å². The molecule has 4 aromatic rings. The van der Waals surface area contributed by atoms with Crippen molar-refractivity contribution in [3.63, 3.8) is 0 Å². The second kappa shape index (κ2) is 11.9. The topological polar surface area (TPSA) is 115 Å². The Morgan fingerprint density at radius 2 is 1.73 bits per heavy atom. The second-order valence-electron chi connectivity index (χ2n) is 11.5. The fourth-order valence-electron chi connectivity index (χ4n) is 5.68. The molecule has 1 saturated carbocycles. The highest BCUT2D eigenvalue weighted by molar-refractivity contribution is 7.90. The molecular weight excluding hydrogens is 609 g/mol. The van der Waals surface area contributed by atoms with Crippen molar-refractivity contribution >= 4 is 16.0 Å². The van der Waals surface area contributed by atoms with Crippen LogP contribution in [0.1, 0.15) is 64.3 Å². The number of carbonyl (C=O) groups is 1. The van der Waals surface area contributed by atoms with Gasteiger partial charge in [-0.1, -0.05) is 42.0 Å². The van der Waals surface area contributed by atoms with E-state index < -0.39 is 33.4 Å². The number of aromatic carboxylic acids is 1. The molecule has 13 heteroatoms. The number of nitrogens with zero attached hydrogens (tertiary/aromatic N) is 4. The van der Waals surface area contributed by atoms with Crippen LogP contribution in [-0.2, 0) is 22.8 Å². The highest BCUT2D eigenvalue weighted by Gasteiger charge is 2.42. The molecule has 1 aliphatic carbocycles. The number of pyridine rings is 1. The number of carboxylic acid groups (broad SMARTS) is 1. The third-order valence-electron chi connectivity index (χ3n) is 8.24. The Morgan fingerprint density at radius 1 is 1.02 bits per heavy atom. The molecule has 2 fully saturated rings. The van der Waals surface area contributed by atoms with E-state index in [2.05, 4.69) is 10.1 Å². The standard InChI is InChI=1S/C32H31F3N4O5S/c1-20-5-12-28(25(17-20)27-3-2-4-29(37-27)39-30(32(33,34)35)26(18-36-39)31(40)41)44-19-21-6-8-22(9-7-21)23-13-15-38(16-14-23)45(42,43)24-10-11-24/h2-9,12,17-18,23-24H,10-11,13-16,19H2,1H3,(H,40,41). The summed E-state index contributed by atoms with van der Waals surface area (Å²) in [7, 11) is -3.15. The Kier molecular flexibility index (Phi) is 8.16. The summed E-state index contributed by atoms with van der Waals surface area (Å²) in [4.78, 5) is 15.8. The van der Waals surface area contributed by atoms with Crippen molar-refractivity contribution in [2.75, 3.05) is 13.1 Å². The number of alkyl halides is 3. The molecule has 1 saturated heterocycles. The number of carboxylic acids is 1. The summed E-state index contributed by atoms with van der Waals surface area (Å²) in [5, 5.41) is 12.8. The maximum Gasteiger partial charge on any atom is 0.434 e. The van der Waals surface area contributed by atoms with Crippen LogP contribution in [0.4, 0.5) is 13.2 Å². The number of hydrogen-bond donors (Lipinski definition) is 1. The summed E-state index contributed by atoms with van der Waals surface area (Å²) in [6.45, 7) is 3.18. The summed E-state index contributed by atoms with van der Waals surface area (Å²) < 4.78 is 74.8. The molecule has 0 atom stereocenters. The smallest absolute Gasteiger partial charge is 0.434 e. The zero-order valence-corrected chi connectivity index (χ0v) is 25.2. The van der Waals surface area contributed by atoms with Gasteiger partial charge in [-0.3, -0.25) is 0 Å². The number of benzene rings is 2. The lowest BCUT2D eigenvalue weighted by molar-refractivity contribution is -0.143. The number of halogens is 3. The minimum Gasteiger partial charge on any atom is -0.488 e. The first-order chi connectivity index (χ1) is 21.4. The molecule has 6 rings (SSSR count). The third-order valence-corrected chi connectivity index (χ3v) is 10.6. The third kappa shape index (κ3) is 6.45. The van der Waals surface area contributed by atoms with Crippen LogP contribution in [0.3, 0.4) is 0 Å². The average Bonchev–Trinajstić information content (AvgIpc) is 3.78. The van der Waals surface area contributed by atoms with Crippen molar-refractivity contribution in [2.45, 2.75) is 56.6 Å². The first-order valence-corrected chi connectivity index (χ1v) is 16.1. The number of sulfonamides is 1. The minimum absolute atomic E-state index is 0.187. The van der Waals surface area contributed by atoms with E-state index in [-0.39, 0.29) is 23.6 Å². The number of ether oxygens (including phenoxy) is 1. The lowest BCUT2D eigenvalue weighted by atomic mass is 9.90. The van der Waals surface area contributed by atoms with Crippen molar-refractivity contribution in [3.05, 3.63) is 94.8 Å². The first kappa shape index (κ1) is 30.8. The highest BCUT2D eigenvalue weighted by atomic mass is 32.2. The number of aryl methyl sites for hydroxylation is 1. The van der Waals surface area contributed by atoms with Crippen molar-refractivity contribution in [1.82, 2.24) is 19.1 Å². The monoisotopic (exact) mass is 640 g/mol. The Balaban J connectivity index is 1.17. The average molecular weight is 641 g/mol. The summed E-state index contributed by atoms with van der Waals surface area (Å²) in [5.41, 5.74) is 1.45. The molecule has 0 bridgehead atoms. The molecule has 9 nitrogen and oxygen atoms in total. The van der Waals surface area contributed by atoms with Gasteiger partial charge in [0.25, 0.3) is 0 Å². The van der Waals surface area contributed by atoms with Crippen LogP contribution >= 0.6 is 0 Å². The molecule has 3 heterocycles. The number of piperidine rings is 1.